The molecule has 1 heterocycles. The lowest BCUT2D eigenvalue weighted by Gasteiger charge is -2.29. The Morgan fingerprint density at radius 3 is 2.60 bits per heavy atom. The Morgan fingerprint density at radius 1 is 1.35 bits per heavy atom. The molecule has 104 valence electrons. The average Bonchev–Trinajstić information content (AvgIpc) is 2.48. The van der Waals surface area contributed by atoms with E-state index in [1.54, 1.807) is 12.1 Å². The van der Waals surface area contributed by atoms with Crippen molar-refractivity contribution >= 4 is 10.0 Å². The molecule has 1 aliphatic rings. The molecule has 1 aliphatic heterocycles. The van der Waals surface area contributed by atoms with E-state index in [4.69, 9.17) is 10.8 Å². The van der Waals surface area contributed by atoms with Gasteiger partial charge in [-0.3, -0.25) is 0 Å². The van der Waals surface area contributed by atoms with Crippen LogP contribution in [0.2, 0.25) is 0 Å². The summed E-state index contributed by atoms with van der Waals surface area (Å²) in [6.45, 7) is 0.595. The first-order valence-corrected chi connectivity index (χ1v) is 7.57. The topological polar surface area (TPSA) is 110 Å². The van der Waals surface area contributed by atoms with Crippen LogP contribution in [0.3, 0.4) is 0 Å². The second kappa shape index (κ2) is 5.92. The van der Waals surface area contributed by atoms with Crippen LogP contribution in [-0.4, -0.2) is 31.9 Å². The van der Waals surface area contributed by atoms with Crippen molar-refractivity contribution in [1.29, 1.82) is 5.26 Å². The van der Waals surface area contributed by atoms with Gasteiger partial charge in [0.05, 0.1) is 10.5 Å². The van der Waals surface area contributed by atoms with Gasteiger partial charge in [0.2, 0.25) is 10.0 Å². The van der Waals surface area contributed by atoms with Crippen molar-refractivity contribution in [3.63, 3.8) is 0 Å². The van der Waals surface area contributed by atoms with Crippen LogP contribution in [0.1, 0.15) is 18.4 Å². The first kappa shape index (κ1) is 14.3. The largest absolute Gasteiger partial charge is 0.244 e. The Balaban J connectivity index is 2.25. The van der Waals surface area contributed by atoms with E-state index in [1.807, 2.05) is 6.07 Å². The number of hydrogen-bond donors (Lipinski definition) is 0. The third-order valence-electron chi connectivity index (χ3n) is 3.26. The summed E-state index contributed by atoms with van der Waals surface area (Å²) >= 11 is 0. The molecule has 7 nitrogen and oxygen atoms in total. The van der Waals surface area contributed by atoms with Gasteiger partial charge in [-0.05, 0) is 30.5 Å². The van der Waals surface area contributed by atoms with Crippen molar-refractivity contribution in [1.82, 2.24) is 4.31 Å². The van der Waals surface area contributed by atoms with Gasteiger partial charge in [0.25, 0.3) is 0 Å². The maximum absolute atomic E-state index is 12.5. The van der Waals surface area contributed by atoms with Gasteiger partial charge in [-0.1, -0.05) is 17.2 Å². The Labute approximate surface area is 117 Å². The molecule has 20 heavy (non-hydrogen) atoms. The third kappa shape index (κ3) is 2.75. The van der Waals surface area contributed by atoms with Crippen LogP contribution in [-0.2, 0) is 10.0 Å². The molecule has 1 fully saturated rings. The number of nitrogens with zero attached hydrogens (tertiary/aromatic N) is 5. The molecule has 0 amide bonds. The fourth-order valence-corrected chi connectivity index (χ4v) is 3.81. The molecule has 0 atom stereocenters. The van der Waals surface area contributed by atoms with Gasteiger partial charge >= 0.3 is 0 Å². The lowest BCUT2D eigenvalue weighted by atomic mass is 10.1. The minimum Gasteiger partial charge on any atom is -0.207 e. The first-order valence-electron chi connectivity index (χ1n) is 6.13. The minimum atomic E-state index is -3.67. The van der Waals surface area contributed by atoms with Crippen LogP contribution in [0.25, 0.3) is 10.4 Å². The van der Waals surface area contributed by atoms with Crippen molar-refractivity contribution in [2.24, 2.45) is 5.11 Å². The Hall–Kier alpha value is -2.07. The highest BCUT2D eigenvalue weighted by Gasteiger charge is 2.30. The van der Waals surface area contributed by atoms with Gasteiger partial charge in [0.1, 0.15) is 6.07 Å². The second-order valence-electron chi connectivity index (χ2n) is 4.45. The highest BCUT2D eigenvalue weighted by Crippen LogP contribution is 2.24. The lowest BCUT2D eigenvalue weighted by Crippen LogP contribution is -2.39. The normalized spacial score (nSPS) is 17.1. The number of rotatable bonds is 3. The van der Waals surface area contributed by atoms with Gasteiger partial charge in [-0.25, -0.2) is 8.42 Å². The second-order valence-corrected chi connectivity index (χ2v) is 6.35. The zero-order valence-electron chi connectivity index (χ0n) is 10.7. The van der Waals surface area contributed by atoms with E-state index in [-0.39, 0.29) is 16.5 Å². The summed E-state index contributed by atoms with van der Waals surface area (Å²) in [7, 11) is -3.67. The van der Waals surface area contributed by atoms with Crippen LogP contribution >= 0.6 is 0 Å². The van der Waals surface area contributed by atoms with Crippen LogP contribution < -0.4 is 0 Å². The molecular weight excluding hydrogens is 278 g/mol. The molecule has 1 aromatic carbocycles. The number of nitriles is 1. The van der Waals surface area contributed by atoms with Gasteiger partial charge in [0, 0.05) is 24.0 Å². The number of azide groups is 1. The predicted octanol–water partition coefficient (Wildman–Crippen LogP) is 2.02. The summed E-state index contributed by atoms with van der Waals surface area (Å²) in [6.07, 6.45) is 0.996. The van der Waals surface area contributed by atoms with Crippen LogP contribution in [0.15, 0.2) is 34.3 Å². The Kier molecular flexibility index (Phi) is 4.25. The van der Waals surface area contributed by atoms with Crippen molar-refractivity contribution in [3.05, 3.63) is 40.3 Å². The quantitative estimate of drug-likeness (QED) is 0.482. The molecule has 0 aliphatic carbocycles. The average molecular weight is 291 g/mol. The monoisotopic (exact) mass is 291 g/mol. The highest BCUT2D eigenvalue weighted by molar-refractivity contribution is 7.89. The molecule has 1 aromatic rings. The zero-order chi connectivity index (χ0) is 14.6. The van der Waals surface area contributed by atoms with Gasteiger partial charge in [-0.2, -0.15) is 9.57 Å². The number of sulfonamides is 1. The molecule has 0 saturated carbocycles. The van der Waals surface area contributed by atoms with Crippen molar-refractivity contribution in [3.8, 4) is 6.07 Å². The molecule has 8 heteroatoms. The van der Waals surface area contributed by atoms with Crippen molar-refractivity contribution in [2.75, 3.05) is 13.1 Å². The maximum atomic E-state index is 12.5. The van der Waals surface area contributed by atoms with Gasteiger partial charge in [0.15, 0.2) is 0 Å². The van der Waals surface area contributed by atoms with E-state index in [1.165, 1.54) is 16.4 Å². The Bertz CT molecular complexity index is 680. The molecule has 0 aromatic heterocycles. The van der Waals surface area contributed by atoms with Gasteiger partial charge in [-0.15, -0.1) is 0 Å². The molecule has 2 rings (SSSR count). The minimum absolute atomic E-state index is 0.0322. The van der Waals surface area contributed by atoms with E-state index in [2.05, 4.69) is 10.0 Å². The number of piperidine rings is 1. The van der Waals surface area contributed by atoms with E-state index < -0.39 is 10.0 Å². The van der Waals surface area contributed by atoms with Gasteiger partial charge < -0.3 is 0 Å². The Morgan fingerprint density at radius 2 is 2.00 bits per heavy atom. The van der Waals surface area contributed by atoms with Crippen LogP contribution in [0.5, 0.6) is 0 Å². The predicted molar refractivity (Wildman–Crippen MR) is 72.1 cm³/mol. The van der Waals surface area contributed by atoms with Crippen LogP contribution in [0, 0.1) is 11.3 Å². The molecule has 0 N–H and O–H groups in total. The summed E-state index contributed by atoms with van der Waals surface area (Å²) in [4.78, 5) is 2.78. The molecule has 0 spiro atoms. The standard InChI is InChI=1S/C12H13N5O2S/c13-9-10-3-1-2-4-12(10)20(18,19)17-7-5-11(6-8-17)15-16-14/h1-4,11H,5-8H2. The molecule has 0 unspecified atom stereocenters. The summed E-state index contributed by atoms with van der Waals surface area (Å²) < 4.78 is 26.3. The van der Waals surface area contributed by atoms with E-state index in [0.29, 0.717) is 25.9 Å². The zero-order valence-corrected chi connectivity index (χ0v) is 11.5. The summed E-state index contributed by atoms with van der Waals surface area (Å²) in [5, 5.41) is 12.6. The molecule has 0 radical (unpaired) electrons. The SMILES string of the molecule is N#Cc1ccccc1S(=O)(=O)N1CCC(N=[N+]=[N-])CC1. The molecular formula is C12H13N5O2S. The fourth-order valence-electron chi connectivity index (χ4n) is 2.19. The molecule has 1 saturated heterocycles. The van der Waals surface area contributed by atoms with E-state index in [9.17, 15) is 8.42 Å². The third-order valence-corrected chi connectivity index (χ3v) is 5.22. The number of hydrogen-bond acceptors (Lipinski definition) is 4. The van der Waals surface area contributed by atoms with Crippen molar-refractivity contribution in [2.45, 2.75) is 23.8 Å². The summed E-state index contributed by atoms with van der Waals surface area (Å²) in [5.74, 6) is 0. The van der Waals surface area contributed by atoms with E-state index >= 15 is 0 Å². The molecule has 0 bridgehead atoms. The van der Waals surface area contributed by atoms with E-state index in [0.717, 1.165) is 0 Å². The summed E-state index contributed by atoms with van der Waals surface area (Å²) in [6, 6.07) is 7.89. The van der Waals surface area contributed by atoms with Crippen LogP contribution in [0.4, 0.5) is 0 Å². The number of benzene rings is 1. The summed E-state index contributed by atoms with van der Waals surface area (Å²) in [5.41, 5.74) is 8.52. The first-order chi connectivity index (χ1) is 9.59. The highest BCUT2D eigenvalue weighted by atomic mass is 32.2. The fraction of sp³-hybridized carbons (Fsp3) is 0.417. The lowest BCUT2D eigenvalue weighted by molar-refractivity contribution is 0.319. The smallest absolute Gasteiger partial charge is 0.207 e. The maximum Gasteiger partial charge on any atom is 0.244 e. The van der Waals surface area contributed by atoms with Crippen molar-refractivity contribution < 1.29 is 8.42 Å².